The molecule has 94 valence electrons. The Kier molecular flexibility index (Phi) is 4.87. The second kappa shape index (κ2) is 6.22. The van der Waals surface area contributed by atoms with Gasteiger partial charge in [0.05, 0.1) is 0 Å². The van der Waals surface area contributed by atoms with Crippen molar-refractivity contribution < 1.29 is 0 Å². The highest BCUT2D eigenvalue weighted by Gasteiger charge is 2.10. The normalized spacial score (nSPS) is 12.2. The largest absolute Gasteiger partial charge is 0.378 e. The minimum Gasteiger partial charge on any atom is -0.378 e. The van der Waals surface area contributed by atoms with Gasteiger partial charge < -0.3 is 5.32 Å². The number of rotatable bonds is 3. The van der Waals surface area contributed by atoms with E-state index in [0.717, 1.165) is 19.1 Å². The molecule has 0 amide bonds. The van der Waals surface area contributed by atoms with Crippen LogP contribution in [0.4, 0.5) is 5.69 Å². The van der Waals surface area contributed by atoms with E-state index in [1.54, 1.807) is 0 Å². The van der Waals surface area contributed by atoms with Gasteiger partial charge in [-0.3, -0.25) is 0 Å². The van der Waals surface area contributed by atoms with Crippen LogP contribution in [0.15, 0.2) is 55.9 Å². The Morgan fingerprint density at radius 1 is 0.944 bits per heavy atom. The maximum Gasteiger partial charge on any atom is 0.0497 e. The summed E-state index contributed by atoms with van der Waals surface area (Å²) in [6.07, 6.45) is 0. The van der Waals surface area contributed by atoms with Crippen LogP contribution in [0.2, 0.25) is 0 Å². The van der Waals surface area contributed by atoms with E-state index in [9.17, 15) is 0 Å². The van der Waals surface area contributed by atoms with Crippen molar-refractivity contribution in [1.82, 2.24) is 0 Å². The molecule has 0 bridgehead atoms. The van der Waals surface area contributed by atoms with Gasteiger partial charge in [0, 0.05) is 25.1 Å². The van der Waals surface area contributed by atoms with E-state index in [4.69, 9.17) is 0 Å². The first kappa shape index (κ1) is 14.1. The first-order chi connectivity index (χ1) is 8.58. The molecule has 0 saturated heterocycles. The molecule has 0 spiro atoms. The maximum absolute atomic E-state index is 3.58. The summed E-state index contributed by atoms with van der Waals surface area (Å²) in [7, 11) is 0. The molecule has 0 aliphatic rings. The Hall–Kier alpha value is -0.320. The van der Waals surface area contributed by atoms with Crippen molar-refractivity contribution in [3.05, 3.63) is 61.4 Å². The molecule has 0 saturated carbocycles. The predicted molar refractivity (Wildman–Crippen MR) is 88.0 cm³/mol. The van der Waals surface area contributed by atoms with Crippen LogP contribution in [0.25, 0.3) is 0 Å². The third-order valence-corrected chi connectivity index (χ3v) is 4.55. The lowest BCUT2D eigenvalue weighted by atomic mass is 10.1. The van der Waals surface area contributed by atoms with Gasteiger partial charge in [-0.05, 0) is 52.7 Å². The van der Waals surface area contributed by atoms with Gasteiger partial charge >= 0.3 is 0 Å². The summed E-state index contributed by atoms with van der Waals surface area (Å²) in [5.74, 6) is 0. The zero-order valence-electron chi connectivity index (χ0n) is 9.75. The van der Waals surface area contributed by atoms with Crippen molar-refractivity contribution in [2.75, 3.05) is 5.32 Å². The third kappa shape index (κ3) is 3.37. The van der Waals surface area contributed by atoms with E-state index in [-0.39, 0.29) is 6.04 Å². The molecule has 2 aromatic rings. The Morgan fingerprint density at radius 3 is 2.33 bits per heavy atom. The molecule has 1 unspecified atom stereocenters. The van der Waals surface area contributed by atoms with E-state index >= 15 is 0 Å². The molecular weight excluding hydrogens is 422 g/mol. The summed E-state index contributed by atoms with van der Waals surface area (Å²) in [4.78, 5) is 0. The second-order valence-electron chi connectivity index (χ2n) is 4.01. The minimum absolute atomic E-state index is 0.234. The fourth-order valence-electron chi connectivity index (χ4n) is 1.74. The third-order valence-electron chi connectivity index (χ3n) is 2.67. The molecule has 1 nitrogen and oxygen atoms in total. The summed E-state index contributed by atoms with van der Waals surface area (Å²) in [5, 5.41) is 3.50. The topological polar surface area (TPSA) is 12.0 Å². The van der Waals surface area contributed by atoms with Crippen molar-refractivity contribution in [1.29, 1.82) is 0 Å². The van der Waals surface area contributed by atoms with Gasteiger partial charge in [-0.1, -0.05) is 50.1 Å². The van der Waals surface area contributed by atoms with Gasteiger partial charge in [-0.25, -0.2) is 0 Å². The van der Waals surface area contributed by atoms with Gasteiger partial charge in [0.25, 0.3) is 0 Å². The van der Waals surface area contributed by atoms with Crippen molar-refractivity contribution in [2.45, 2.75) is 13.0 Å². The van der Waals surface area contributed by atoms with E-state index in [1.807, 2.05) is 18.2 Å². The highest BCUT2D eigenvalue weighted by atomic mass is 79.9. The number of hydrogen-bond donors (Lipinski definition) is 1. The van der Waals surface area contributed by atoms with Crippen molar-refractivity contribution in [3.63, 3.8) is 0 Å². The smallest absolute Gasteiger partial charge is 0.0497 e. The van der Waals surface area contributed by atoms with E-state index in [2.05, 4.69) is 84.3 Å². The van der Waals surface area contributed by atoms with Gasteiger partial charge in [0.1, 0.15) is 0 Å². The molecule has 1 N–H and O–H groups in total. The Balaban J connectivity index is 2.21. The molecule has 0 aromatic heterocycles. The van der Waals surface area contributed by atoms with Crippen LogP contribution < -0.4 is 5.32 Å². The average Bonchev–Trinajstić information content (AvgIpc) is 2.33. The van der Waals surface area contributed by atoms with Crippen LogP contribution in [0.1, 0.15) is 18.5 Å². The molecule has 0 aliphatic heterocycles. The van der Waals surface area contributed by atoms with E-state index in [0.29, 0.717) is 0 Å². The first-order valence-corrected chi connectivity index (χ1v) is 7.92. The van der Waals surface area contributed by atoms with Gasteiger partial charge in [0.2, 0.25) is 0 Å². The quantitative estimate of drug-likeness (QED) is 0.612. The number of hydrogen-bond acceptors (Lipinski definition) is 1. The van der Waals surface area contributed by atoms with E-state index in [1.165, 1.54) is 5.56 Å². The number of anilines is 1. The number of nitrogens with one attached hydrogen (secondary N) is 1. The van der Waals surface area contributed by atoms with Crippen molar-refractivity contribution in [3.8, 4) is 0 Å². The number of halogens is 3. The summed E-state index contributed by atoms with van der Waals surface area (Å²) < 4.78 is 3.24. The summed E-state index contributed by atoms with van der Waals surface area (Å²) in [6, 6.07) is 14.6. The number of benzene rings is 2. The molecule has 4 heteroatoms. The minimum atomic E-state index is 0.234. The van der Waals surface area contributed by atoms with Crippen molar-refractivity contribution >= 4 is 53.5 Å². The Labute approximate surface area is 132 Å². The standard InChI is InChI=1S/C14H12Br3N/c1-9(11-4-2-3-5-12(11)16)18-14-7-6-10(15)8-13(14)17/h2-9,18H,1H3. The van der Waals surface area contributed by atoms with E-state index < -0.39 is 0 Å². The maximum atomic E-state index is 3.58. The molecule has 0 fully saturated rings. The van der Waals surface area contributed by atoms with Crippen LogP contribution in [0, 0.1) is 0 Å². The lowest BCUT2D eigenvalue weighted by molar-refractivity contribution is 0.877. The molecule has 0 aliphatic carbocycles. The van der Waals surface area contributed by atoms with Crippen LogP contribution >= 0.6 is 47.8 Å². The molecule has 1 atom stereocenters. The molecule has 0 heterocycles. The predicted octanol–water partition coefficient (Wildman–Crippen LogP) is 6.15. The van der Waals surface area contributed by atoms with Gasteiger partial charge in [-0.2, -0.15) is 0 Å². The molecule has 18 heavy (non-hydrogen) atoms. The van der Waals surface area contributed by atoms with Crippen molar-refractivity contribution in [2.24, 2.45) is 0 Å². The fourth-order valence-corrected chi connectivity index (χ4v) is 3.53. The van der Waals surface area contributed by atoms with Crippen LogP contribution in [-0.2, 0) is 0 Å². The summed E-state index contributed by atoms with van der Waals surface area (Å²) in [6.45, 7) is 2.15. The van der Waals surface area contributed by atoms with Crippen LogP contribution in [-0.4, -0.2) is 0 Å². The average molecular weight is 434 g/mol. The van der Waals surface area contributed by atoms with Gasteiger partial charge in [0.15, 0.2) is 0 Å². The highest BCUT2D eigenvalue weighted by molar-refractivity contribution is 9.11. The Bertz CT molecular complexity index is 554. The second-order valence-corrected chi connectivity index (χ2v) is 6.64. The lowest BCUT2D eigenvalue weighted by Crippen LogP contribution is -2.07. The Morgan fingerprint density at radius 2 is 1.67 bits per heavy atom. The molecule has 0 radical (unpaired) electrons. The molecule has 2 rings (SSSR count). The van der Waals surface area contributed by atoms with Crippen LogP contribution in [0.5, 0.6) is 0 Å². The first-order valence-electron chi connectivity index (χ1n) is 5.54. The zero-order chi connectivity index (χ0) is 13.1. The molecular formula is C14H12Br3N. The zero-order valence-corrected chi connectivity index (χ0v) is 14.5. The molecule has 2 aromatic carbocycles. The monoisotopic (exact) mass is 431 g/mol. The summed E-state index contributed by atoms with van der Waals surface area (Å²) >= 11 is 10.6. The lowest BCUT2D eigenvalue weighted by Gasteiger charge is -2.18. The van der Waals surface area contributed by atoms with Gasteiger partial charge in [-0.15, -0.1) is 0 Å². The SMILES string of the molecule is CC(Nc1ccc(Br)cc1Br)c1ccccc1Br. The summed E-state index contributed by atoms with van der Waals surface area (Å²) in [5.41, 5.74) is 2.33. The van der Waals surface area contributed by atoms with Crippen LogP contribution in [0.3, 0.4) is 0 Å². The highest BCUT2D eigenvalue weighted by Crippen LogP contribution is 2.31. The fraction of sp³-hybridized carbons (Fsp3) is 0.143.